The first-order valence-electron chi connectivity index (χ1n) is 5.76. The van der Waals surface area contributed by atoms with E-state index in [-0.39, 0.29) is 24.0 Å². The second kappa shape index (κ2) is 8.96. The van der Waals surface area contributed by atoms with E-state index in [0.29, 0.717) is 18.4 Å². The van der Waals surface area contributed by atoms with Gasteiger partial charge in [0.25, 0.3) is 0 Å². The standard InChI is InChI=1S/C12H20N4O.HI/c1-4-16(5-2)12(13)14-9-10-7-6-8-11(15-10)17-3;/h6-8H,4-5,9H2,1-3H3,(H2,13,14);1H. The summed E-state index contributed by atoms with van der Waals surface area (Å²) in [6.45, 7) is 6.29. The van der Waals surface area contributed by atoms with Crippen LogP contribution in [0.15, 0.2) is 23.2 Å². The van der Waals surface area contributed by atoms with Crippen molar-refractivity contribution in [2.24, 2.45) is 10.7 Å². The third kappa shape index (κ3) is 5.07. The van der Waals surface area contributed by atoms with Crippen molar-refractivity contribution >= 4 is 29.9 Å². The highest BCUT2D eigenvalue weighted by atomic mass is 127. The monoisotopic (exact) mass is 364 g/mol. The molecule has 1 rings (SSSR count). The maximum absolute atomic E-state index is 5.87. The average Bonchev–Trinajstić information content (AvgIpc) is 2.38. The van der Waals surface area contributed by atoms with Crippen molar-refractivity contribution in [1.29, 1.82) is 0 Å². The Kier molecular flexibility index (Phi) is 8.43. The molecule has 2 N–H and O–H groups in total. The highest BCUT2D eigenvalue weighted by molar-refractivity contribution is 14.0. The van der Waals surface area contributed by atoms with Gasteiger partial charge in [0.15, 0.2) is 5.96 Å². The molecule has 0 aromatic carbocycles. The largest absolute Gasteiger partial charge is 0.481 e. The van der Waals surface area contributed by atoms with Gasteiger partial charge in [0.2, 0.25) is 5.88 Å². The lowest BCUT2D eigenvalue weighted by Crippen LogP contribution is -2.37. The van der Waals surface area contributed by atoms with Gasteiger partial charge in [-0.05, 0) is 19.9 Å². The number of pyridine rings is 1. The molecule has 0 saturated carbocycles. The van der Waals surface area contributed by atoms with E-state index in [0.717, 1.165) is 18.8 Å². The molecule has 0 spiro atoms. The predicted octanol–water partition coefficient (Wildman–Crippen LogP) is 1.86. The molecule has 0 unspecified atom stereocenters. The molecule has 5 nitrogen and oxygen atoms in total. The number of aliphatic imine (C=N–C) groups is 1. The number of rotatable bonds is 5. The van der Waals surface area contributed by atoms with Crippen molar-refractivity contribution in [3.63, 3.8) is 0 Å². The molecule has 1 aromatic rings. The Morgan fingerprint density at radius 2 is 2.06 bits per heavy atom. The summed E-state index contributed by atoms with van der Waals surface area (Å²) in [6, 6.07) is 5.60. The number of methoxy groups -OCH3 is 1. The van der Waals surface area contributed by atoms with Crippen LogP contribution in [0.4, 0.5) is 0 Å². The molecule has 102 valence electrons. The van der Waals surface area contributed by atoms with Crippen molar-refractivity contribution in [2.45, 2.75) is 20.4 Å². The Hall–Kier alpha value is -1.05. The minimum atomic E-state index is 0. The van der Waals surface area contributed by atoms with E-state index in [1.807, 2.05) is 17.0 Å². The maximum Gasteiger partial charge on any atom is 0.213 e. The molecule has 0 radical (unpaired) electrons. The van der Waals surface area contributed by atoms with Crippen molar-refractivity contribution in [1.82, 2.24) is 9.88 Å². The zero-order valence-corrected chi connectivity index (χ0v) is 13.4. The number of ether oxygens (including phenoxy) is 1. The van der Waals surface area contributed by atoms with Gasteiger partial charge in [-0.3, -0.25) is 0 Å². The molecular formula is C12H21IN4O. The molecule has 1 aromatic heterocycles. The van der Waals surface area contributed by atoms with Gasteiger partial charge in [-0.15, -0.1) is 24.0 Å². The topological polar surface area (TPSA) is 63.7 Å². The molecule has 0 amide bonds. The number of hydrogen-bond acceptors (Lipinski definition) is 3. The highest BCUT2D eigenvalue weighted by Gasteiger charge is 2.02. The second-order valence-corrected chi connectivity index (χ2v) is 3.52. The third-order valence-corrected chi connectivity index (χ3v) is 2.48. The fraction of sp³-hybridized carbons (Fsp3) is 0.500. The van der Waals surface area contributed by atoms with E-state index in [4.69, 9.17) is 10.5 Å². The summed E-state index contributed by atoms with van der Waals surface area (Å²) in [7, 11) is 1.60. The van der Waals surface area contributed by atoms with Crippen molar-refractivity contribution in [3.8, 4) is 5.88 Å². The predicted molar refractivity (Wildman–Crippen MR) is 84.5 cm³/mol. The Balaban J connectivity index is 0.00000289. The minimum Gasteiger partial charge on any atom is -0.481 e. The molecule has 0 bridgehead atoms. The van der Waals surface area contributed by atoms with Crippen LogP contribution in [0.1, 0.15) is 19.5 Å². The van der Waals surface area contributed by atoms with Crippen LogP contribution in [-0.4, -0.2) is 36.0 Å². The van der Waals surface area contributed by atoms with Crippen LogP contribution in [0.25, 0.3) is 0 Å². The summed E-state index contributed by atoms with van der Waals surface area (Å²) in [5, 5.41) is 0. The quantitative estimate of drug-likeness (QED) is 0.492. The fourth-order valence-electron chi connectivity index (χ4n) is 1.47. The van der Waals surface area contributed by atoms with Gasteiger partial charge in [-0.25, -0.2) is 9.98 Å². The van der Waals surface area contributed by atoms with Crippen LogP contribution in [0.3, 0.4) is 0 Å². The van der Waals surface area contributed by atoms with Crippen LogP contribution in [0, 0.1) is 0 Å². The normalized spacial score (nSPS) is 10.7. The van der Waals surface area contributed by atoms with Crippen LogP contribution in [-0.2, 0) is 6.54 Å². The van der Waals surface area contributed by atoms with Gasteiger partial charge in [-0.1, -0.05) is 6.07 Å². The molecule has 0 saturated heterocycles. The number of nitrogens with two attached hydrogens (primary N) is 1. The Morgan fingerprint density at radius 1 is 1.39 bits per heavy atom. The Morgan fingerprint density at radius 3 is 2.61 bits per heavy atom. The Labute approximate surface area is 125 Å². The SMILES string of the molecule is CCN(CC)C(N)=NCc1cccc(OC)n1.I. The smallest absolute Gasteiger partial charge is 0.213 e. The van der Waals surface area contributed by atoms with Gasteiger partial charge in [0, 0.05) is 19.2 Å². The van der Waals surface area contributed by atoms with Gasteiger partial charge in [0.1, 0.15) is 0 Å². The van der Waals surface area contributed by atoms with Crippen LogP contribution in [0.5, 0.6) is 5.88 Å². The van der Waals surface area contributed by atoms with Gasteiger partial charge < -0.3 is 15.4 Å². The van der Waals surface area contributed by atoms with E-state index in [9.17, 15) is 0 Å². The van der Waals surface area contributed by atoms with E-state index < -0.39 is 0 Å². The lowest BCUT2D eigenvalue weighted by molar-refractivity contribution is 0.396. The number of nitrogens with zero attached hydrogens (tertiary/aromatic N) is 3. The lowest BCUT2D eigenvalue weighted by atomic mass is 10.3. The molecular weight excluding hydrogens is 343 g/mol. The zero-order valence-electron chi connectivity index (χ0n) is 11.1. The van der Waals surface area contributed by atoms with Gasteiger partial charge in [-0.2, -0.15) is 0 Å². The van der Waals surface area contributed by atoms with Crippen LogP contribution in [0.2, 0.25) is 0 Å². The van der Waals surface area contributed by atoms with Crippen LogP contribution < -0.4 is 10.5 Å². The van der Waals surface area contributed by atoms with Crippen molar-refractivity contribution in [3.05, 3.63) is 23.9 Å². The van der Waals surface area contributed by atoms with E-state index in [1.165, 1.54) is 0 Å². The lowest BCUT2D eigenvalue weighted by Gasteiger charge is -2.19. The molecule has 1 heterocycles. The molecule has 0 fully saturated rings. The minimum absolute atomic E-state index is 0. The van der Waals surface area contributed by atoms with Crippen LogP contribution >= 0.6 is 24.0 Å². The summed E-state index contributed by atoms with van der Waals surface area (Å²) in [4.78, 5) is 10.6. The van der Waals surface area contributed by atoms with E-state index >= 15 is 0 Å². The zero-order chi connectivity index (χ0) is 12.7. The van der Waals surface area contributed by atoms with Crippen molar-refractivity contribution in [2.75, 3.05) is 20.2 Å². The summed E-state index contributed by atoms with van der Waals surface area (Å²) in [5.41, 5.74) is 6.72. The molecule has 6 heteroatoms. The fourth-order valence-corrected chi connectivity index (χ4v) is 1.47. The third-order valence-electron chi connectivity index (χ3n) is 2.48. The molecule has 0 aliphatic rings. The van der Waals surface area contributed by atoms with E-state index in [1.54, 1.807) is 13.2 Å². The van der Waals surface area contributed by atoms with E-state index in [2.05, 4.69) is 23.8 Å². The number of aromatic nitrogens is 1. The maximum atomic E-state index is 5.87. The molecule has 0 atom stereocenters. The highest BCUT2D eigenvalue weighted by Crippen LogP contribution is 2.07. The van der Waals surface area contributed by atoms with Gasteiger partial charge in [0.05, 0.1) is 19.3 Å². The summed E-state index contributed by atoms with van der Waals surface area (Å²) in [6.07, 6.45) is 0. The molecule has 0 aliphatic carbocycles. The van der Waals surface area contributed by atoms with Gasteiger partial charge >= 0.3 is 0 Å². The summed E-state index contributed by atoms with van der Waals surface area (Å²) < 4.78 is 5.05. The van der Waals surface area contributed by atoms with Crippen molar-refractivity contribution < 1.29 is 4.74 Å². The summed E-state index contributed by atoms with van der Waals surface area (Å²) >= 11 is 0. The second-order valence-electron chi connectivity index (χ2n) is 3.52. The molecule has 18 heavy (non-hydrogen) atoms. The average molecular weight is 364 g/mol. The Bertz CT molecular complexity index is 380. The summed E-state index contributed by atoms with van der Waals surface area (Å²) in [5.74, 6) is 1.15. The molecule has 0 aliphatic heterocycles. The first kappa shape index (κ1) is 16.9. The first-order valence-corrected chi connectivity index (χ1v) is 5.76. The number of halogens is 1. The number of guanidine groups is 1. The first-order chi connectivity index (χ1) is 8.21. The number of hydrogen-bond donors (Lipinski definition) is 1.